The number of hydrogen-bond acceptors (Lipinski definition) is 4. The number of carbonyl (C=O) groups is 3. The minimum absolute atomic E-state index is 0.0597. The van der Waals surface area contributed by atoms with Crippen LogP contribution in [0.1, 0.15) is 42.1 Å². The monoisotopic (exact) mass is 291 g/mol. The van der Waals surface area contributed by atoms with Crippen molar-refractivity contribution in [3.8, 4) is 0 Å². The van der Waals surface area contributed by atoms with Crippen LogP contribution in [0.3, 0.4) is 0 Å². The minimum Gasteiger partial charge on any atom is -0.466 e. The van der Waals surface area contributed by atoms with Crippen LogP contribution in [0.5, 0.6) is 0 Å². The number of Topliss-reactive ketones (excluding diaryl/α,β-unsaturated/α-hetero) is 1. The molecule has 5 nitrogen and oxygen atoms in total. The Morgan fingerprint density at radius 3 is 2.33 bits per heavy atom. The van der Waals surface area contributed by atoms with Crippen LogP contribution in [0.2, 0.25) is 0 Å². The predicted molar refractivity (Wildman–Crippen MR) is 79.0 cm³/mol. The molecule has 0 aliphatic carbocycles. The maximum absolute atomic E-state index is 11.9. The van der Waals surface area contributed by atoms with E-state index in [0.717, 1.165) is 5.56 Å². The molecule has 1 amide bonds. The molecule has 0 saturated heterocycles. The molecule has 0 aliphatic rings. The molecule has 21 heavy (non-hydrogen) atoms. The number of benzene rings is 1. The van der Waals surface area contributed by atoms with Gasteiger partial charge in [0.25, 0.3) is 0 Å². The van der Waals surface area contributed by atoms with Gasteiger partial charge in [-0.15, -0.1) is 0 Å². The number of rotatable bonds is 8. The van der Waals surface area contributed by atoms with Crippen molar-refractivity contribution in [2.45, 2.75) is 33.1 Å². The first-order valence-corrected chi connectivity index (χ1v) is 7.05. The number of amides is 1. The van der Waals surface area contributed by atoms with E-state index in [4.69, 9.17) is 4.74 Å². The van der Waals surface area contributed by atoms with Gasteiger partial charge in [-0.05, 0) is 13.8 Å². The highest BCUT2D eigenvalue weighted by molar-refractivity contribution is 5.97. The zero-order valence-corrected chi connectivity index (χ0v) is 12.5. The zero-order valence-electron chi connectivity index (χ0n) is 12.5. The molecule has 0 heterocycles. The first-order valence-electron chi connectivity index (χ1n) is 7.05. The summed E-state index contributed by atoms with van der Waals surface area (Å²) in [6, 6.07) is 7.26. The van der Waals surface area contributed by atoms with E-state index in [1.807, 2.05) is 19.1 Å². The molecule has 5 heteroatoms. The Balaban J connectivity index is 2.25. The number of ketones is 1. The van der Waals surface area contributed by atoms with E-state index in [1.54, 1.807) is 19.1 Å². The van der Waals surface area contributed by atoms with Gasteiger partial charge in [0, 0.05) is 24.9 Å². The molecule has 0 aliphatic heterocycles. The lowest BCUT2D eigenvalue weighted by Gasteiger charge is -2.05. The first kappa shape index (κ1) is 16.9. The van der Waals surface area contributed by atoms with E-state index >= 15 is 0 Å². The van der Waals surface area contributed by atoms with E-state index < -0.39 is 0 Å². The Kier molecular flexibility index (Phi) is 7.15. The van der Waals surface area contributed by atoms with E-state index in [-0.39, 0.29) is 43.5 Å². The van der Waals surface area contributed by atoms with Crippen molar-refractivity contribution in [3.05, 3.63) is 35.4 Å². The Labute approximate surface area is 124 Å². The molecule has 0 bridgehead atoms. The van der Waals surface area contributed by atoms with Crippen molar-refractivity contribution in [2.24, 2.45) is 0 Å². The van der Waals surface area contributed by atoms with Gasteiger partial charge >= 0.3 is 5.97 Å². The van der Waals surface area contributed by atoms with Gasteiger partial charge < -0.3 is 10.1 Å². The van der Waals surface area contributed by atoms with Crippen LogP contribution in [0.25, 0.3) is 0 Å². The van der Waals surface area contributed by atoms with Crippen LogP contribution in [0, 0.1) is 6.92 Å². The van der Waals surface area contributed by atoms with Gasteiger partial charge in [-0.25, -0.2) is 0 Å². The third kappa shape index (κ3) is 6.70. The molecule has 1 aromatic rings. The standard InChI is InChI=1S/C16H21NO4/c1-3-21-16(20)10-11-17-15(19)9-8-14(18)13-6-4-12(2)5-7-13/h4-7H,3,8-11H2,1-2H3,(H,17,19). The molecule has 0 unspecified atom stereocenters. The summed E-state index contributed by atoms with van der Waals surface area (Å²) < 4.78 is 4.74. The third-order valence-electron chi connectivity index (χ3n) is 2.91. The Morgan fingerprint density at radius 2 is 1.71 bits per heavy atom. The topological polar surface area (TPSA) is 72.5 Å². The maximum atomic E-state index is 11.9. The molecule has 114 valence electrons. The third-order valence-corrected chi connectivity index (χ3v) is 2.91. The highest BCUT2D eigenvalue weighted by atomic mass is 16.5. The molecule has 0 atom stereocenters. The van der Waals surface area contributed by atoms with Gasteiger partial charge in [0.1, 0.15) is 0 Å². The zero-order chi connectivity index (χ0) is 15.7. The van der Waals surface area contributed by atoms with Gasteiger partial charge in [-0.2, -0.15) is 0 Å². The second-order valence-corrected chi connectivity index (χ2v) is 4.69. The second-order valence-electron chi connectivity index (χ2n) is 4.69. The lowest BCUT2D eigenvalue weighted by molar-refractivity contribution is -0.143. The van der Waals surface area contributed by atoms with Crippen LogP contribution >= 0.6 is 0 Å². The minimum atomic E-state index is -0.339. The van der Waals surface area contributed by atoms with Gasteiger partial charge in [0.2, 0.25) is 5.91 Å². The molecular weight excluding hydrogens is 270 g/mol. The van der Waals surface area contributed by atoms with Gasteiger partial charge in [-0.1, -0.05) is 29.8 Å². The summed E-state index contributed by atoms with van der Waals surface area (Å²) in [5.74, 6) is -0.635. The molecule has 0 spiro atoms. The lowest BCUT2D eigenvalue weighted by Crippen LogP contribution is -2.26. The fourth-order valence-corrected chi connectivity index (χ4v) is 1.74. The molecular formula is C16H21NO4. The van der Waals surface area contributed by atoms with Crippen molar-refractivity contribution >= 4 is 17.7 Å². The van der Waals surface area contributed by atoms with Gasteiger partial charge in [0.05, 0.1) is 13.0 Å². The number of esters is 1. The smallest absolute Gasteiger partial charge is 0.307 e. The molecule has 1 aromatic carbocycles. The number of hydrogen-bond donors (Lipinski definition) is 1. The summed E-state index contributed by atoms with van der Waals surface area (Å²) in [5.41, 5.74) is 1.70. The predicted octanol–water partition coefficient (Wildman–Crippen LogP) is 2.03. The van der Waals surface area contributed by atoms with Crippen molar-refractivity contribution in [2.75, 3.05) is 13.2 Å². The summed E-state index contributed by atoms with van der Waals surface area (Å²) in [4.78, 5) is 34.5. The summed E-state index contributed by atoms with van der Waals surface area (Å²) in [6.45, 7) is 4.24. The van der Waals surface area contributed by atoms with Crippen LogP contribution in [-0.4, -0.2) is 30.8 Å². The number of nitrogens with one attached hydrogen (secondary N) is 1. The van der Waals surface area contributed by atoms with Crippen LogP contribution in [0.15, 0.2) is 24.3 Å². The summed E-state index contributed by atoms with van der Waals surface area (Å²) in [5, 5.41) is 2.60. The Hall–Kier alpha value is -2.17. The number of aryl methyl sites for hydroxylation is 1. The summed E-state index contributed by atoms with van der Waals surface area (Å²) in [7, 11) is 0. The SMILES string of the molecule is CCOC(=O)CCNC(=O)CCC(=O)c1ccc(C)cc1. The maximum Gasteiger partial charge on any atom is 0.307 e. The normalized spacial score (nSPS) is 10.0. The number of ether oxygens (including phenoxy) is 1. The quantitative estimate of drug-likeness (QED) is 0.587. The van der Waals surface area contributed by atoms with Crippen LogP contribution in [-0.2, 0) is 14.3 Å². The van der Waals surface area contributed by atoms with Gasteiger partial charge in [-0.3, -0.25) is 14.4 Å². The average molecular weight is 291 g/mol. The fraction of sp³-hybridized carbons (Fsp3) is 0.438. The average Bonchev–Trinajstić information content (AvgIpc) is 2.46. The Morgan fingerprint density at radius 1 is 1.05 bits per heavy atom. The van der Waals surface area contributed by atoms with E-state index in [1.165, 1.54) is 0 Å². The fourth-order valence-electron chi connectivity index (χ4n) is 1.74. The molecule has 1 rings (SSSR count). The van der Waals surface area contributed by atoms with E-state index in [9.17, 15) is 14.4 Å². The Bertz CT molecular complexity index is 494. The molecule has 0 radical (unpaired) electrons. The van der Waals surface area contributed by atoms with Crippen LogP contribution < -0.4 is 5.32 Å². The molecule has 1 N–H and O–H groups in total. The van der Waals surface area contributed by atoms with Crippen molar-refractivity contribution < 1.29 is 19.1 Å². The van der Waals surface area contributed by atoms with Crippen molar-refractivity contribution in [3.63, 3.8) is 0 Å². The van der Waals surface area contributed by atoms with E-state index in [0.29, 0.717) is 12.2 Å². The van der Waals surface area contributed by atoms with E-state index in [2.05, 4.69) is 5.32 Å². The molecule has 0 aromatic heterocycles. The highest BCUT2D eigenvalue weighted by Crippen LogP contribution is 2.07. The molecule has 0 saturated carbocycles. The second kappa shape index (κ2) is 8.89. The van der Waals surface area contributed by atoms with Crippen molar-refractivity contribution in [1.82, 2.24) is 5.32 Å². The lowest BCUT2D eigenvalue weighted by atomic mass is 10.1. The van der Waals surface area contributed by atoms with Crippen molar-refractivity contribution in [1.29, 1.82) is 0 Å². The highest BCUT2D eigenvalue weighted by Gasteiger charge is 2.09. The largest absolute Gasteiger partial charge is 0.466 e. The van der Waals surface area contributed by atoms with Gasteiger partial charge in [0.15, 0.2) is 5.78 Å². The summed E-state index contributed by atoms with van der Waals surface area (Å²) in [6.07, 6.45) is 0.426. The summed E-state index contributed by atoms with van der Waals surface area (Å²) >= 11 is 0. The first-order chi connectivity index (χ1) is 10.0. The number of carbonyl (C=O) groups excluding carboxylic acids is 3. The van der Waals surface area contributed by atoms with Crippen LogP contribution in [0.4, 0.5) is 0 Å². The molecule has 0 fully saturated rings.